The van der Waals surface area contributed by atoms with Crippen molar-refractivity contribution in [3.05, 3.63) is 65.0 Å². The maximum Gasteiger partial charge on any atom is 0.410 e. The molecule has 1 amide bonds. The van der Waals surface area contributed by atoms with E-state index >= 15 is 0 Å². The van der Waals surface area contributed by atoms with Crippen LogP contribution in [0.5, 0.6) is 0 Å². The van der Waals surface area contributed by atoms with E-state index in [0.29, 0.717) is 19.0 Å². The summed E-state index contributed by atoms with van der Waals surface area (Å²) in [6.07, 6.45) is 7.01. The average molecular weight is 479 g/mol. The van der Waals surface area contributed by atoms with Crippen LogP contribution in [0.2, 0.25) is 0 Å². The molecule has 1 fully saturated rings. The SMILES string of the molecule is CN/C(=C\C(Nc1cccc(C2CCN(C(=O)OC(C)(C)C)CC2)n1)=C(C)C)c1cncc(C)n1. The maximum absolute atomic E-state index is 12.4. The van der Waals surface area contributed by atoms with Gasteiger partial charge in [0.2, 0.25) is 0 Å². The molecular weight excluding hydrogens is 440 g/mol. The van der Waals surface area contributed by atoms with Crippen LogP contribution in [0.4, 0.5) is 10.6 Å². The largest absolute Gasteiger partial charge is 0.444 e. The zero-order valence-corrected chi connectivity index (χ0v) is 22.0. The van der Waals surface area contributed by atoms with Gasteiger partial charge in [0, 0.05) is 43.6 Å². The molecule has 188 valence electrons. The van der Waals surface area contributed by atoms with E-state index in [4.69, 9.17) is 9.72 Å². The number of carbonyl (C=O) groups is 1. The second-order valence-electron chi connectivity index (χ2n) is 10.1. The Balaban J connectivity index is 1.71. The molecule has 2 N–H and O–H groups in total. The molecule has 0 aromatic carbocycles. The van der Waals surface area contributed by atoms with E-state index in [9.17, 15) is 4.79 Å². The number of pyridine rings is 1. The highest BCUT2D eigenvalue weighted by atomic mass is 16.6. The van der Waals surface area contributed by atoms with Gasteiger partial charge in [-0.2, -0.15) is 0 Å². The molecule has 0 aliphatic carbocycles. The summed E-state index contributed by atoms with van der Waals surface area (Å²) in [4.78, 5) is 27.9. The fourth-order valence-electron chi connectivity index (χ4n) is 3.89. The van der Waals surface area contributed by atoms with Crippen molar-refractivity contribution in [1.82, 2.24) is 25.2 Å². The molecule has 0 radical (unpaired) electrons. The summed E-state index contributed by atoms with van der Waals surface area (Å²) in [5, 5.41) is 6.71. The molecule has 3 heterocycles. The van der Waals surface area contributed by atoms with Gasteiger partial charge in [-0.25, -0.2) is 14.8 Å². The number of anilines is 1. The summed E-state index contributed by atoms with van der Waals surface area (Å²) in [6, 6.07) is 6.07. The minimum absolute atomic E-state index is 0.238. The lowest BCUT2D eigenvalue weighted by molar-refractivity contribution is 0.0204. The lowest BCUT2D eigenvalue weighted by atomic mass is 9.93. The number of amides is 1. The summed E-state index contributed by atoms with van der Waals surface area (Å²) in [6.45, 7) is 13.1. The first-order chi connectivity index (χ1) is 16.6. The summed E-state index contributed by atoms with van der Waals surface area (Å²) < 4.78 is 5.52. The predicted molar refractivity (Wildman–Crippen MR) is 140 cm³/mol. The van der Waals surface area contributed by atoms with Crippen molar-refractivity contribution in [3.8, 4) is 0 Å². The van der Waals surface area contributed by atoms with Crippen LogP contribution in [-0.4, -0.2) is 51.7 Å². The van der Waals surface area contributed by atoms with Crippen LogP contribution in [0, 0.1) is 6.92 Å². The third kappa shape index (κ3) is 7.53. The van der Waals surface area contributed by atoms with Crippen molar-refractivity contribution in [1.29, 1.82) is 0 Å². The summed E-state index contributed by atoms with van der Waals surface area (Å²) in [7, 11) is 1.88. The van der Waals surface area contributed by atoms with Gasteiger partial charge in [0.15, 0.2) is 0 Å². The van der Waals surface area contributed by atoms with Crippen molar-refractivity contribution < 1.29 is 9.53 Å². The topological polar surface area (TPSA) is 92.3 Å². The molecule has 0 saturated carbocycles. The highest BCUT2D eigenvalue weighted by Crippen LogP contribution is 2.29. The predicted octanol–water partition coefficient (Wildman–Crippen LogP) is 5.26. The second kappa shape index (κ2) is 11.3. The van der Waals surface area contributed by atoms with Gasteiger partial charge in [0.05, 0.1) is 17.6 Å². The van der Waals surface area contributed by atoms with Crippen LogP contribution in [0.1, 0.15) is 70.5 Å². The third-order valence-corrected chi connectivity index (χ3v) is 5.73. The van der Waals surface area contributed by atoms with E-state index in [1.807, 2.05) is 53.0 Å². The minimum atomic E-state index is -0.481. The van der Waals surface area contributed by atoms with E-state index in [-0.39, 0.29) is 6.09 Å². The Bertz CT molecular complexity index is 1090. The number of hydrogen-bond acceptors (Lipinski definition) is 7. The van der Waals surface area contributed by atoms with Crippen LogP contribution in [0.3, 0.4) is 0 Å². The molecule has 35 heavy (non-hydrogen) atoms. The summed E-state index contributed by atoms with van der Waals surface area (Å²) in [5.74, 6) is 1.09. The smallest absolute Gasteiger partial charge is 0.410 e. The average Bonchev–Trinajstić information content (AvgIpc) is 2.80. The van der Waals surface area contributed by atoms with Crippen molar-refractivity contribution in [2.24, 2.45) is 0 Å². The Morgan fingerprint density at radius 3 is 2.46 bits per heavy atom. The number of hydrogen-bond donors (Lipinski definition) is 2. The summed E-state index contributed by atoms with van der Waals surface area (Å²) in [5.41, 5.74) is 5.14. The van der Waals surface area contributed by atoms with Crippen LogP contribution in [0.15, 0.2) is 47.9 Å². The molecule has 1 aliphatic rings. The Labute approximate surface area is 208 Å². The van der Waals surface area contributed by atoms with Gasteiger partial charge < -0.3 is 20.3 Å². The molecule has 8 nitrogen and oxygen atoms in total. The molecule has 1 saturated heterocycles. The van der Waals surface area contributed by atoms with Gasteiger partial charge in [-0.1, -0.05) is 11.6 Å². The van der Waals surface area contributed by atoms with Crippen LogP contribution in [0.25, 0.3) is 5.70 Å². The highest BCUT2D eigenvalue weighted by molar-refractivity contribution is 5.68. The van der Waals surface area contributed by atoms with Gasteiger partial charge in [-0.3, -0.25) is 4.98 Å². The number of allylic oxidation sites excluding steroid dienone is 2. The Hall–Kier alpha value is -3.42. The van der Waals surface area contributed by atoms with E-state index in [0.717, 1.165) is 52.7 Å². The number of piperidine rings is 1. The number of carbonyl (C=O) groups excluding carboxylic acids is 1. The van der Waals surface area contributed by atoms with Crippen molar-refractivity contribution in [3.63, 3.8) is 0 Å². The van der Waals surface area contributed by atoms with Crippen LogP contribution >= 0.6 is 0 Å². The van der Waals surface area contributed by atoms with Gasteiger partial charge >= 0.3 is 6.09 Å². The van der Waals surface area contributed by atoms with Gasteiger partial charge in [0.1, 0.15) is 17.1 Å². The van der Waals surface area contributed by atoms with Gasteiger partial charge in [-0.15, -0.1) is 0 Å². The van der Waals surface area contributed by atoms with Crippen molar-refractivity contribution >= 4 is 17.6 Å². The second-order valence-corrected chi connectivity index (χ2v) is 10.1. The Morgan fingerprint density at radius 1 is 1.14 bits per heavy atom. The number of rotatable bonds is 6. The molecule has 1 aliphatic heterocycles. The van der Waals surface area contributed by atoms with E-state index in [1.54, 1.807) is 17.3 Å². The number of nitrogens with one attached hydrogen (secondary N) is 2. The summed E-state index contributed by atoms with van der Waals surface area (Å²) >= 11 is 0. The quantitative estimate of drug-likeness (QED) is 0.547. The fourth-order valence-corrected chi connectivity index (χ4v) is 3.89. The number of aromatic nitrogens is 3. The number of aryl methyl sites for hydroxylation is 1. The number of nitrogens with zero attached hydrogens (tertiary/aromatic N) is 4. The first kappa shape index (κ1) is 26.2. The highest BCUT2D eigenvalue weighted by Gasteiger charge is 2.28. The van der Waals surface area contributed by atoms with Crippen molar-refractivity contribution in [2.75, 3.05) is 25.5 Å². The lowest BCUT2D eigenvalue weighted by Crippen LogP contribution is -2.41. The van der Waals surface area contributed by atoms with Crippen molar-refractivity contribution in [2.45, 2.75) is 65.9 Å². The molecule has 0 atom stereocenters. The standard InChI is InChI=1S/C27H38N6O2/c1-18(2)22(15-23(28-7)24-17-29-16-19(3)30-24)32-25-10-8-9-21(31-25)20-11-13-33(14-12-20)26(34)35-27(4,5)6/h8-10,15-17,20,28H,11-14H2,1-7H3,(H,31,32)/b23-15-. The minimum Gasteiger partial charge on any atom is -0.444 e. The molecular formula is C27H38N6O2. The maximum atomic E-state index is 12.4. The molecule has 8 heteroatoms. The van der Waals surface area contributed by atoms with E-state index < -0.39 is 5.60 Å². The van der Waals surface area contributed by atoms with Gasteiger partial charge in [0.25, 0.3) is 0 Å². The fraction of sp³-hybridized carbons (Fsp3) is 0.481. The van der Waals surface area contributed by atoms with Crippen LogP contribution < -0.4 is 10.6 Å². The Morgan fingerprint density at radius 2 is 1.86 bits per heavy atom. The normalized spacial score (nSPS) is 14.9. The molecule has 0 bridgehead atoms. The molecule has 3 rings (SSSR count). The third-order valence-electron chi connectivity index (χ3n) is 5.73. The number of ether oxygens (including phenoxy) is 1. The van der Waals surface area contributed by atoms with Crippen LogP contribution in [-0.2, 0) is 4.74 Å². The number of likely N-dealkylation sites (tertiary alicyclic amines) is 1. The van der Waals surface area contributed by atoms with E-state index in [2.05, 4.69) is 40.5 Å². The monoisotopic (exact) mass is 478 g/mol. The van der Waals surface area contributed by atoms with Gasteiger partial charge in [-0.05, 0) is 72.6 Å². The molecule has 0 spiro atoms. The zero-order valence-electron chi connectivity index (χ0n) is 22.0. The molecule has 0 unspecified atom stereocenters. The zero-order chi connectivity index (χ0) is 25.6. The Kier molecular flexibility index (Phi) is 8.48. The molecule has 2 aromatic rings. The first-order valence-corrected chi connectivity index (χ1v) is 12.1. The first-order valence-electron chi connectivity index (χ1n) is 12.1. The lowest BCUT2D eigenvalue weighted by Gasteiger charge is -2.33. The van der Waals surface area contributed by atoms with E-state index in [1.165, 1.54) is 0 Å². The molecule has 2 aromatic heterocycles.